The number of fused-ring (bicyclic) bond motifs is 2. The number of benzene rings is 1. The fraction of sp³-hybridized carbons (Fsp3) is 0.538. The Bertz CT molecular complexity index is 397. The minimum absolute atomic E-state index is 0.349. The minimum atomic E-state index is 0.349. The van der Waals surface area contributed by atoms with E-state index in [1.807, 2.05) is 0 Å². The lowest BCUT2D eigenvalue weighted by Crippen LogP contribution is -2.22. The molecule has 3 rings (SSSR count). The van der Waals surface area contributed by atoms with Crippen molar-refractivity contribution in [2.45, 2.75) is 23.3 Å². The van der Waals surface area contributed by atoms with Crippen LogP contribution in [-0.2, 0) is 10.5 Å². The third-order valence-electron chi connectivity index (χ3n) is 3.45. The molecule has 1 aromatic carbocycles. The second-order valence-corrected chi connectivity index (χ2v) is 7.34. The quantitative estimate of drug-likeness (QED) is 0.755. The van der Waals surface area contributed by atoms with Crippen molar-refractivity contribution in [2.75, 3.05) is 18.6 Å². The third-order valence-corrected chi connectivity index (χ3v) is 7.01. The number of thioether (sulfide) groups is 2. The van der Waals surface area contributed by atoms with Crippen LogP contribution in [0.4, 0.5) is 0 Å². The van der Waals surface area contributed by atoms with Gasteiger partial charge in [0, 0.05) is 11.5 Å². The summed E-state index contributed by atoms with van der Waals surface area (Å²) in [6.07, 6.45) is 3.80. The van der Waals surface area contributed by atoms with E-state index in [1.165, 1.54) is 41.9 Å². The largest absolute Gasteiger partial charge is 0.496 e. The van der Waals surface area contributed by atoms with Gasteiger partial charge in [0.2, 0.25) is 0 Å². The summed E-state index contributed by atoms with van der Waals surface area (Å²) in [5.74, 6) is 3.67. The molecule has 1 aromatic rings. The zero-order valence-electron chi connectivity index (χ0n) is 9.49. The molecule has 0 atom stereocenters. The van der Waals surface area contributed by atoms with E-state index < -0.39 is 0 Å². The zero-order chi connectivity index (χ0) is 11.0. The number of hydrogen-bond donors (Lipinski definition) is 0. The van der Waals surface area contributed by atoms with Crippen LogP contribution < -0.4 is 4.74 Å². The van der Waals surface area contributed by atoms with Crippen LogP contribution in [0.15, 0.2) is 18.2 Å². The third kappa shape index (κ3) is 1.56. The van der Waals surface area contributed by atoms with Gasteiger partial charge in [-0.2, -0.15) is 0 Å². The Morgan fingerprint density at radius 2 is 2.06 bits per heavy atom. The fourth-order valence-corrected chi connectivity index (χ4v) is 6.19. The first kappa shape index (κ1) is 10.8. The minimum Gasteiger partial charge on any atom is -0.496 e. The summed E-state index contributed by atoms with van der Waals surface area (Å²) < 4.78 is 5.85. The normalized spacial score (nSPS) is 22.1. The summed E-state index contributed by atoms with van der Waals surface area (Å²) in [6, 6.07) is 6.55. The smallest absolute Gasteiger partial charge is 0.122 e. The van der Waals surface area contributed by atoms with Gasteiger partial charge in [0.1, 0.15) is 5.75 Å². The molecule has 16 heavy (non-hydrogen) atoms. The van der Waals surface area contributed by atoms with Gasteiger partial charge < -0.3 is 4.74 Å². The molecule has 0 aromatic heterocycles. The van der Waals surface area contributed by atoms with E-state index in [0.717, 1.165) is 5.75 Å². The van der Waals surface area contributed by atoms with E-state index in [-0.39, 0.29) is 0 Å². The van der Waals surface area contributed by atoms with Gasteiger partial charge in [-0.25, -0.2) is 0 Å². The lowest BCUT2D eigenvalue weighted by atomic mass is 9.90. The van der Waals surface area contributed by atoms with Crippen LogP contribution in [0.3, 0.4) is 0 Å². The molecule has 1 heterocycles. The predicted molar refractivity (Wildman–Crippen MR) is 72.5 cm³/mol. The summed E-state index contributed by atoms with van der Waals surface area (Å²) in [7, 11) is 1.78. The maximum atomic E-state index is 5.50. The lowest BCUT2D eigenvalue weighted by Gasteiger charge is -2.34. The van der Waals surface area contributed by atoms with Crippen molar-refractivity contribution in [2.24, 2.45) is 0 Å². The first-order chi connectivity index (χ1) is 7.86. The van der Waals surface area contributed by atoms with Gasteiger partial charge >= 0.3 is 0 Å². The topological polar surface area (TPSA) is 9.23 Å². The Labute approximate surface area is 105 Å². The average molecular weight is 252 g/mol. The first-order valence-electron chi connectivity index (χ1n) is 5.80. The summed E-state index contributed by atoms with van der Waals surface area (Å²) in [5.41, 5.74) is 2.99. The molecule has 1 fully saturated rings. The molecular weight excluding hydrogens is 236 g/mol. The fourth-order valence-electron chi connectivity index (χ4n) is 2.76. The number of rotatable bonds is 1. The Hall–Kier alpha value is -0.280. The highest BCUT2D eigenvalue weighted by atomic mass is 32.2. The van der Waals surface area contributed by atoms with Crippen molar-refractivity contribution in [1.29, 1.82) is 0 Å². The Balaban J connectivity index is 2.11. The van der Waals surface area contributed by atoms with Crippen molar-refractivity contribution in [3.8, 4) is 5.75 Å². The molecule has 0 bridgehead atoms. The monoisotopic (exact) mass is 252 g/mol. The van der Waals surface area contributed by atoms with E-state index in [9.17, 15) is 0 Å². The molecule has 2 aliphatic rings. The highest BCUT2D eigenvalue weighted by molar-refractivity contribution is 8.20. The SMILES string of the molecule is COc1cccc2c1CCCC21SCCS1. The van der Waals surface area contributed by atoms with Crippen LogP contribution in [0, 0.1) is 0 Å². The van der Waals surface area contributed by atoms with E-state index in [0.29, 0.717) is 4.08 Å². The second-order valence-electron chi connectivity index (χ2n) is 4.29. The number of methoxy groups -OCH3 is 1. The van der Waals surface area contributed by atoms with E-state index in [4.69, 9.17) is 4.74 Å². The Morgan fingerprint density at radius 1 is 1.25 bits per heavy atom. The van der Waals surface area contributed by atoms with E-state index in [1.54, 1.807) is 7.11 Å². The van der Waals surface area contributed by atoms with Crippen molar-refractivity contribution < 1.29 is 4.74 Å². The molecule has 0 unspecified atom stereocenters. The van der Waals surface area contributed by atoms with Crippen LogP contribution in [0.2, 0.25) is 0 Å². The number of ether oxygens (including phenoxy) is 1. The van der Waals surface area contributed by atoms with Gasteiger partial charge in [-0.15, -0.1) is 23.5 Å². The van der Waals surface area contributed by atoms with Crippen molar-refractivity contribution in [3.63, 3.8) is 0 Å². The summed E-state index contributed by atoms with van der Waals surface area (Å²) in [4.78, 5) is 0. The Kier molecular flexibility index (Phi) is 2.84. The van der Waals surface area contributed by atoms with Gasteiger partial charge in [-0.05, 0) is 36.5 Å². The van der Waals surface area contributed by atoms with Gasteiger partial charge in [0.15, 0.2) is 0 Å². The molecule has 86 valence electrons. The molecule has 0 saturated carbocycles. The molecule has 1 aliphatic heterocycles. The van der Waals surface area contributed by atoms with Crippen molar-refractivity contribution >= 4 is 23.5 Å². The molecule has 0 amide bonds. The maximum Gasteiger partial charge on any atom is 0.122 e. The highest BCUT2D eigenvalue weighted by Crippen LogP contribution is 2.58. The molecule has 1 aliphatic carbocycles. The summed E-state index contributed by atoms with van der Waals surface area (Å²) in [6.45, 7) is 0. The van der Waals surface area contributed by atoms with Crippen molar-refractivity contribution in [3.05, 3.63) is 29.3 Å². The average Bonchev–Trinajstić information content (AvgIpc) is 2.78. The van der Waals surface area contributed by atoms with Gasteiger partial charge in [0.25, 0.3) is 0 Å². The predicted octanol–water partition coefficient (Wildman–Crippen LogP) is 3.66. The van der Waals surface area contributed by atoms with Crippen LogP contribution in [0.1, 0.15) is 24.0 Å². The maximum absolute atomic E-state index is 5.50. The summed E-state index contributed by atoms with van der Waals surface area (Å²) in [5, 5.41) is 0. The standard InChI is InChI=1S/C13H16OS2/c1-14-12-6-2-5-11-10(12)4-3-7-13(11)15-8-9-16-13/h2,5-6H,3-4,7-9H2,1H3. The van der Waals surface area contributed by atoms with E-state index >= 15 is 0 Å². The van der Waals surface area contributed by atoms with Crippen LogP contribution in [-0.4, -0.2) is 18.6 Å². The molecule has 3 heteroatoms. The molecule has 1 spiro atoms. The second kappa shape index (κ2) is 4.19. The van der Waals surface area contributed by atoms with Crippen LogP contribution in [0.25, 0.3) is 0 Å². The van der Waals surface area contributed by atoms with Crippen molar-refractivity contribution in [1.82, 2.24) is 0 Å². The molecule has 0 N–H and O–H groups in total. The number of hydrogen-bond acceptors (Lipinski definition) is 3. The van der Waals surface area contributed by atoms with E-state index in [2.05, 4.69) is 41.7 Å². The first-order valence-corrected chi connectivity index (χ1v) is 7.77. The van der Waals surface area contributed by atoms with Gasteiger partial charge in [-0.3, -0.25) is 0 Å². The van der Waals surface area contributed by atoms with Crippen LogP contribution in [0.5, 0.6) is 5.75 Å². The summed E-state index contributed by atoms with van der Waals surface area (Å²) >= 11 is 4.27. The lowest BCUT2D eigenvalue weighted by molar-refractivity contribution is 0.405. The zero-order valence-corrected chi connectivity index (χ0v) is 11.1. The van der Waals surface area contributed by atoms with Gasteiger partial charge in [-0.1, -0.05) is 12.1 Å². The molecular formula is C13H16OS2. The van der Waals surface area contributed by atoms with Gasteiger partial charge in [0.05, 0.1) is 11.2 Å². The Morgan fingerprint density at radius 3 is 2.81 bits per heavy atom. The molecule has 1 nitrogen and oxygen atoms in total. The van der Waals surface area contributed by atoms with Crippen LogP contribution >= 0.6 is 23.5 Å². The highest BCUT2D eigenvalue weighted by Gasteiger charge is 2.41. The molecule has 1 saturated heterocycles. The molecule has 0 radical (unpaired) electrons.